The summed E-state index contributed by atoms with van der Waals surface area (Å²) in [6.07, 6.45) is 5.37. The van der Waals surface area contributed by atoms with Gasteiger partial charge in [-0.25, -0.2) is 9.79 Å². The molecule has 0 saturated carbocycles. The third kappa shape index (κ3) is 5.61. The van der Waals surface area contributed by atoms with E-state index in [1.54, 1.807) is 36.1 Å². The molecular weight excluding hydrogens is 574 g/mol. The summed E-state index contributed by atoms with van der Waals surface area (Å²) >= 11 is 7.80. The Kier molecular flexibility index (Phi) is 9.40. The highest BCUT2D eigenvalue weighted by atomic mass is 35.5. The standard InChI is InChI=1S/C32H34ClN3O5S/c1-4-5-6-7-12-17-35-24-16-11-9-14-22(24)26(29(35)37)28-30(38)36-27(21-13-8-10-15-23(21)33)25(20(2)34-32(36)42-28)31(39)41-19-18-40-3/h8-11,13-16,27H,4-7,12,17-19H2,1-3H3/b28-26-/t27-/m1/s1. The van der Waals surface area contributed by atoms with Gasteiger partial charge in [0, 0.05) is 24.2 Å². The van der Waals surface area contributed by atoms with E-state index in [2.05, 4.69) is 11.9 Å². The van der Waals surface area contributed by atoms with Gasteiger partial charge < -0.3 is 14.4 Å². The number of nitrogens with zero attached hydrogens (tertiary/aromatic N) is 3. The number of aromatic nitrogens is 1. The van der Waals surface area contributed by atoms with Gasteiger partial charge in [-0.3, -0.25) is 14.2 Å². The molecule has 10 heteroatoms. The van der Waals surface area contributed by atoms with Gasteiger partial charge in [0.25, 0.3) is 11.5 Å². The second kappa shape index (κ2) is 13.2. The highest BCUT2D eigenvalue weighted by molar-refractivity contribution is 7.07. The van der Waals surface area contributed by atoms with Crippen LogP contribution in [0, 0.1) is 0 Å². The number of carbonyl (C=O) groups is 2. The van der Waals surface area contributed by atoms with Crippen LogP contribution in [-0.2, 0) is 19.1 Å². The Morgan fingerprint density at radius 2 is 1.76 bits per heavy atom. The van der Waals surface area contributed by atoms with E-state index in [0.29, 0.717) is 37.7 Å². The molecule has 2 aliphatic rings. The molecule has 42 heavy (non-hydrogen) atoms. The van der Waals surface area contributed by atoms with Crippen LogP contribution < -0.4 is 19.8 Å². The number of esters is 1. The molecule has 0 radical (unpaired) electrons. The SMILES string of the molecule is CCCCCCCN1C(=O)/C(=c2\sc3n(c2=O)[C@H](c2ccccc2Cl)C(C(=O)OCCOC)=C(C)N=3)c2ccccc21. The quantitative estimate of drug-likeness (QED) is 0.231. The summed E-state index contributed by atoms with van der Waals surface area (Å²) in [4.78, 5) is 48.4. The average molecular weight is 608 g/mol. The monoisotopic (exact) mass is 607 g/mol. The molecule has 0 N–H and O–H groups in total. The predicted molar refractivity (Wildman–Crippen MR) is 165 cm³/mol. The third-order valence-corrected chi connectivity index (χ3v) is 8.97. The van der Waals surface area contributed by atoms with Gasteiger partial charge in [-0.05, 0) is 31.0 Å². The number of para-hydroxylation sites is 1. The molecule has 2 aromatic carbocycles. The lowest BCUT2D eigenvalue weighted by molar-refractivity contribution is -0.140. The first-order chi connectivity index (χ1) is 20.4. The molecule has 220 valence electrons. The molecule has 5 rings (SSSR count). The Morgan fingerprint density at radius 3 is 2.52 bits per heavy atom. The Labute approximate surface area is 253 Å². The lowest BCUT2D eigenvalue weighted by Gasteiger charge is -2.25. The van der Waals surface area contributed by atoms with E-state index >= 15 is 0 Å². The number of unbranched alkanes of at least 4 members (excludes halogenated alkanes) is 4. The number of methoxy groups -OCH3 is 1. The summed E-state index contributed by atoms with van der Waals surface area (Å²) in [5, 5.41) is 0.397. The highest BCUT2D eigenvalue weighted by Gasteiger charge is 2.37. The molecule has 0 saturated heterocycles. The smallest absolute Gasteiger partial charge is 0.338 e. The summed E-state index contributed by atoms with van der Waals surface area (Å²) < 4.78 is 12.3. The number of fused-ring (bicyclic) bond motifs is 2. The van der Waals surface area contributed by atoms with Crippen LogP contribution in [-0.4, -0.2) is 43.3 Å². The van der Waals surface area contributed by atoms with Crippen LogP contribution in [0.1, 0.15) is 63.1 Å². The molecule has 0 unspecified atom stereocenters. The van der Waals surface area contributed by atoms with Gasteiger partial charge in [-0.2, -0.15) is 0 Å². The Bertz CT molecular complexity index is 1720. The first-order valence-electron chi connectivity index (χ1n) is 14.3. The molecule has 0 fully saturated rings. The van der Waals surface area contributed by atoms with Crippen molar-refractivity contribution in [1.29, 1.82) is 0 Å². The molecular formula is C32H34ClN3O5S. The van der Waals surface area contributed by atoms with E-state index < -0.39 is 17.6 Å². The van der Waals surface area contributed by atoms with Crippen molar-refractivity contribution in [3.63, 3.8) is 0 Å². The molecule has 1 atom stereocenters. The van der Waals surface area contributed by atoms with E-state index in [1.807, 2.05) is 24.3 Å². The normalized spacial score (nSPS) is 17.3. The molecule has 0 spiro atoms. The van der Waals surface area contributed by atoms with Crippen LogP contribution in [0.25, 0.3) is 5.57 Å². The van der Waals surface area contributed by atoms with Gasteiger partial charge in [0.2, 0.25) is 0 Å². The van der Waals surface area contributed by atoms with Crippen LogP contribution >= 0.6 is 22.9 Å². The summed E-state index contributed by atoms with van der Waals surface area (Å²) in [5.74, 6) is -0.797. The number of rotatable bonds is 11. The minimum atomic E-state index is -0.874. The zero-order chi connectivity index (χ0) is 29.8. The first kappa shape index (κ1) is 29.9. The van der Waals surface area contributed by atoms with Crippen molar-refractivity contribution in [3.8, 4) is 0 Å². The number of hydrogen-bond acceptors (Lipinski definition) is 7. The number of amides is 1. The molecule has 0 bridgehead atoms. The van der Waals surface area contributed by atoms with Crippen molar-refractivity contribution in [1.82, 2.24) is 4.57 Å². The summed E-state index contributed by atoms with van der Waals surface area (Å²) in [6, 6.07) is 13.8. The summed E-state index contributed by atoms with van der Waals surface area (Å²) in [5.41, 5.74) is 2.71. The Morgan fingerprint density at radius 1 is 1.02 bits per heavy atom. The lowest BCUT2D eigenvalue weighted by atomic mass is 9.96. The molecule has 1 aromatic heterocycles. The van der Waals surface area contributed by atoms with Crippen LogP contribution in [0.3, 0.4) is 0 Å². The fourth-order valence-electron chi connectivity index (χ4n) is 5.51. The third-order valence-electron chi connectivity index (χ3n) is 7.57. The number of allylic oxidation sites excluding steroid dienone is 1. The summed E-state index contributed by atoms with van der Waals surface area (Å²) in [7, 11) is 1.52. The van der Waals surface area contributed by atoms with E-state index in [9.17, 15) is 14.4 Å². The van der Waals surface area contributed by atoms with E-state index in [-0.39, 0.29) is 24.7 Å². The predicted octanol–water partition coefficient (Wildman–Crippen LogP) is 4.77. The maximum atomic E-state index is 14.3. The number of ether oxygens (including phenoxy) is 2. The number of halogens is 1. The topological polar surface area (TPSA) is 90.2 Å². The van der Waals surface area contributed by atoms with Crippen molar-refractivity contribution in [3.05, 3.63) is 95.6 Å². The zero-order valence-corrected chi connectivity index (χ0v) is 25.6. The van der Waals surface area contributed by atoms with Crippen LogP contribution in [0.15, 0.2) is 69.6 Å². The van der Waals surface area contributed by atoms with Crippen LogP contribution in [0.5, 0.6) is 0 Å². The number of thiazole rings is 1. The maximum absolute atomic E-state index is 14.3. The van der Waals surface area contributed by atoms with Crippen molar-refractivity contribution in [2.45, 2.75) is 52.0 Å². The number of benzene rings is 2. The second-order valence-electron chi connectivity index (χ2n) is 10.3. The fraction of sp³-hybridized carbons (Fsp3) is 0.375. The summed E-state index contributed by atoms with van der Waals surface area (Å²) in [6.45, 7) is 4.76. The molecule has 3 aromatic rings. The van der Waals surface area contributed by atoms with E-state index in [1.165, 1.54) is 18.1 Å². The molecule has 2 aliphatic heterocycles. The fourth-order valence-corrected chi connectivity index (χ4v) is 6.89. The van der Waals surface area contributed by atoms with Gasteiger partial charge in [-0.15, -0.1) is 0 Å². The van der Waals surface area contributed by atoms with Gasteiger partial charge in [0.05, 0.1) is 29.1 Å². The van der Waals surface area contributed by atoms with Crippen molar-refractivity contribution in [2.24, 2.45) is 4.99 Å². The molecule has 3 heterocycles. The second-order valence-corrected chi connectivity index (χ2v) is 11.7. The Balaban J connectivity index is 1.65. The van der Waals surface area contributed by atoms with Gasteiger partial charge in [0.15, 0.2) is 4.80 Å². The van der Waals surface area contributed by atoms with Gasteiger partial charge in [-0.1, -0.05) is 91.9 Å². The molecule has 8 nitrogen and oxygen atoms in total. The van der Waals surface area contributed by atoms with Crippen molar-refractivity contribution in [2.75, 3.05) is 31.8 Å². The highest BCUT2D eigenvalue weighted by Crippen LogP contribution is 2.37. The number of hydrogen-bond donors (Lipinski definition) is 0. The minimum absolute atomic E-state index is 0.0511. The molecule has 1 amide bonds. The number of carbonyl (C=O) groups excluding carboxylic acids is 2. The maximum Gasteiger partial charge on any atom is 0.338 e. The van der Waals surface area contributed by atoms with Gasteiger partial charge >= 0.3 is 5.97 Å². The van der Waals surface area contributed by atoms with E-state index in [4.69, 9.17) is 21.1 Å². The van der Waals surface area contributed by atoms with Crippen LogP contribution in [0.2, 0.25) is 5.02 Å². The van der Waals surface area contributed by atoms with E-state index in [0.717, 1.165) is 48.3 Å². The van der Waals surface area contributed by atoms with Gasteiger partial charge in [0.1, 0.15) is 17.2 Å². The van der Waals surface area contributed by atoms with Crippen molar-refractivity contribution >= 4 is 46.1 Å². The van der Waals surface area contributed by atoms with Crippen LogP contribution in [0.4, 0.5) is 5.69 Å². The zero-order valence-electron chi connectivity index (χ0n) is 24.0. The largest absolute Gasteiger partial charge is 0.460 e. The average Bonchev–Trinajstić information content (AvgIpc) is 3.44. The minimum Gasteiger partial charge on any atom is -0.460 e. The lowest BCUT2D eigenvalue weighted by Crippen LogP contribution is -2.41. The van der Waals surface area contributed by atoms with Crippen molar-refractivity contribution < 1.29 is 19.1 Å². The Hall–Kier alpha value is -3.53. The molecule has 0 aliphatic carbocycles. The number of anilines is 1. The first-order valence-corrected chi connectivity index (χ1v) is 15.4.